The normalized spacial score (nSPS) is 10.2. The number of benzene rings is 1. The molecule has 0 aliphatic heterocycles. The SMILES string of the molecule is COCCNC(=O)c1ccnc(C(=O)NCCc2ccccc2)c1. The summed E-state index contributed by atoms with van der Waals surface area (Å²) in [5.74, 6) is -0.551. The van der Waals surface area contributed by atoms with Crippen LogP contribution >= 0.6 is 0 Å². The van der Waals surface area contributed by atoms with Crippen molar-refractivity contribution in [2.24, 2.45) is 0 Å². The van der Waals surface area contributed by atoms with E-state index >= 15 is 0 Å². The molecule has 1 aromatic carbocycles. The first-order chi connectivity index (χ1) is 11.7. The third-order valence-electron chi connectivity index (χ3n) is 3.39. The number of nitrogens with one attached hydrogen (secondary N) is 2. The minimum Gasteiger partial charge on any atom is -0.383 e. The standard InChI is InChI=1S/C18H21N3O3/c1-24-12-11-21-17(22)15-8-10-19-16(13-15)18(23)20-9-7-14-5-3-2-4-6-14/h2-6,8,10,13H,7,9,11-12H2,1H3,(H,20,23)(H,21,22). The smallest absolute Gasteiger partial charge is 0.269 e. The van der Waals surface area contributed by atoms with Crippen LogP contribution in [0, 0.1) is 0 Å². The Balaban J connectivity index is 1.87. The zero-order valence-electron chi connectivity index (χ0n) is 13.6. The van der Waals surface area contributed by atoms with Crippen LogP contribution in [0.1, 0.15) is 26.4 Å². The highest BCUT2D eigenvalue weighted by atomic mass is 16.5. The lowest BCUT2D eigenvalue weighted by Crippen LogP contribution is -2.29. The van der Waals surface area contributed by atoms with Gasteiger partial charge in [-0.25, -0.2) is 0 Å². The lowest BCUT2D eigenvalue weighted by Gasteiger charge is -2.07. The fraction of sp³-hybridized carbons (Fsp3) is 0.278. The van der Waals surface area contributed by atoms with Crippen molar-refractivity contribution in [3.63, 3.8) is 0 Å². The minimum absolute atomic E-state index is 0.224. The zero-order chi connectivity index (χ0) is 17.2. The number of pyridine rings is 1. The molecule has 2 N–H and O–H groups in total. The molecule has 0 saturated carbocycles. The number of nitrogens with zero attached hydrogens (tertiary/aromatic N) is 1. The van der Waals surface area contributed by atoms with E-state index < -0.39 is 0 Å². The van der Waals surface area contributed by atoms with Gasteiger partial charge in [0.2, 0.25) is 0 Å². The Labute approximate surface area is 141 Å². The predicted octanol–water partition coefficient (Wildman–Crippen LogP) is 1.43. The fourth-order valence-electron chi connectivity index (χ4n) is 2.12. The molecule has 0 aliphatic carbocycles. The van der Waals surface area contributed by atoms with Gasteiger partial charge in [0.05, 0.1) is 6.61 Å². The summed E-state index contributed by atoms with van der Waals surface area (Å²) >= 11 is 0. The molecule has 1 aromatic heterocycles. The van der Waals surface area contributed by atoms with E-state index in [1.54, 1.807) is 13.2 Å². The Kier molecular flexibility index (Phi) is 6.91. The number of ether oxygens (including phenoxy) is 1. The van der Waals surface area contributed by atoms with Gasteiger partial charge in [-0.2, -0.15) is 0 Å². The summed E-state index contributed by atoms with van der Waals surface area (Å²) in [6.45, 7) is 1.36. The zero-order valence-corrected chi connectivity index (χ0v) is 13.6. The van der Waals surface area contributed by atoms with E-state index in [-0.39, 0.29) is 17.5 Å². The average molecular weight is 327 g/mol. The van der Waals surface area contributed by atoms with Crippen molar-refractivity contribution in [1.29, 1.82) is 0 Å². The quantitative estimate of drug-likeness (QED) is 0.719. The first-order valence-corrected chi connectivity index (χ1v) is 7.76. The summed E-state index contributed by atoms with van der Waals surface area (Å²) in [4.78, 5) is 28.1. The van der Waals surface area contributed by atoms with Crippen LogP contribution in [0.25, 0.3) is 0 Å². The average Bonchev–Trinajstić information content (AvgIpc) is 2.63. The van der Waals surface area contributed by atoms with Gasteiger partial charge >= 0.3 is 0 Å². The largest absolute Gasteiger partial charge is 0.383 e. The van der Waals surface area contributed by atoms with Gasteiger partial charge in [-0.1, -0.05) is 30.3 Å². The van der Waals surface area contributed by atoms with Crippen molar-refractivity contribution in [1.82, 2.24) is 15.6 Å². The fourth-order valence-corrected chi connectivity index (χ4v) is 2.12. The van der Waals surface area contributed by atoms with E-state index in [4.69, 9.17) is 4.74 Å². The van der Waals surface area contributed by atoms with Gasteiger partial charge in [0, 0.05) is 32.0 Å². The molecule has 0 bridgehead atoms. The van der Waals surface area contributed by atoms with Gasteiger partial charge in [-0.05, 0) is 24.1 Å². The van der Waals surface area contributed by atoms with Crippen LogP contribution in [0.3, 0.4) is 0 Å². The number of carbonyl (C=O) groups excluding carboxylic acids is 2. The highest BCUT2D eigenvalue weighted by Gasteiger charge is 2.11. The molecular weight excluding hydrogens is 306 g/mol. The third-order valence-corrected chi connectivity index (χ3v) is 3.39. The number of hydrogen-bond acceptors (Lipinski definition) is 4. The number of aromatic nitrogens is 1. The molecule has 1 heterocycles. The Morgan fingerprint density at radius 1 is 1.04 bits per heavy atom. The van der Waals surface area contributed by atoms with E-state index in [0.717, 1.165) is 12.0 Å². The Morgan fingerprint density at radius 2 is 1.79 bits per heavy atom. The van der Waals surface area contributed by atoms with Gasteiger partial charge in [-0.15, -0.1) is 0 Å². The van der Waals surface area contributed by atoms with Gasteiger partial charge in [0.1, 0.15) is 5.69 Å². The molecule has 6 heteroatoms. The molecule has 0 aliphatic rings. The summed E-state index contributed by atoms with van der Waals surface area (Å²) < 4.78 is 4.88. The van der Waals surface area contributed by atoms with Crippen LogP contribution in [0.5, 0.6) is 0 Å². The molecule has 0 unspecified atom stereocenters. The van der Waals surface area contributed by atoms with Crippen molar-refractivity contribution in [2.45, 2.75) is 6.42 Å². The van der Waals surface area contributed by atoms with E-state index in [2.05, 4.69) is 15.6 Å². The Bertz CT molecular complexity index is 674. The van der Waals surface area contributed by atoms with Gasteiger partial charge in [0.25, 0.3) is 11.8 Å². The van der Waals surface area contributed by atoms with E-state index in [1.807, 2.05) is 30.3 Å². The number of carbonyl (C=O) groups is 2. The highest BCUT2D eigenvalue weighted by molar-refractivity contribution is 5.98. The summed E-state index contributed by atoms with van der Waals surface area (Å²) in [6, 6.07) is 13.0. The summed E-state index contributed by atoms with van der Waals surface area (Å²) in [6.07, 6.45) is 2.20. The minimum atomic E-state index is -0.294. The molecule has 0 radical (unpaired) electrons. The van der Waals surface area contributed by atoms with Crippen LogP contribution in [0.15, 0.2) is 48.7 Å². The molecule has 2 amide bonds. The molecule has 2 aromatic rings. The van der Waals surface area contributed by atoms with Crippen LogP contribution in [0.4, 0.5) is 0 Å². The Hall–Kier alpha value is -2.73. The molecule has 0 fully saturated rings. The van der Waals surface area contributed by atoms with Gasteiger partial charge < -0.3 is 15.4 Å². The molecule has 0 saturated heterocycles. The van der Waals surface area contributed by atoms with E-state index in [1.165, 1.54) is 12.3 Å². The predicted molar refractivity (Wildman–Crippen MR) is 90.9 cm³/mol. The van der Waals surface area contributed by atoms with Crippen LogP contribution in [-0.4, -0.2) is 43.6 Å². The van der Waals surface area contributed by atoms with Crippen LogP contribution in [-0.2, 0) is 11.2 Å². The first kappa shape index (κ1) is 17.6. The summed E-state index contributed by atoms with van der Waals surface area (Å²) in [5, 5.41) is 5.52. The van der Waals surface area contributed by atoms with Crippen molar-refractivity contribution in [2.75, 3.05) is 26.8 Å². The molecule has 126 valence electrons. The van der Waals surface area contributed by atoms with Crippen molar-refractivity contribution in [3.8, 4) is 0 Å². The van der Waals surface area contributed by atoms with Gasteiger partial charge in [0.15, 0.2) is 0 Å². The van der Waals surface area contributed by atoms with E-state index in [0.29, 0.717) is 25.3 Å². The van der Waals surface area contributed by atoms with Crippen molar-refractivity contribution >= 4 is 11.8 Å². The number of methoxy groups -OCH3 is 1. The lowest BCUT2D eigenvalue weighted by molar-refractivity contribution is 0.0937. The molecule has 0 spiro atoms. The second-order valence-electron chi connectivity index (χ2n) is 5.17. The molecular formula is C18H21N3O3. The van der Waals surface area contributed by atoms with Gasteiger partial charge in [-0.3, -0.25) is 14.6 Å². The second kappa shape index (κ2) is 9.42. The molecule has 24 heavy (non-hydrogen) atoms. The first-order valence-electron chi connectivity index (χ1n) is 7.76. The van der Waals surface area contributed by atoms with Crippen molar-refractivity contribution < 1.29 is 14.3 Å². The third kappa shape index (κ3) is 5.48. The van der Waals surface area contributed by atoms with E-state index in [9.17, 15) is 9.59 Å². The second-order valence-corrected chi connectivity index (χ2v) is 5.17. The molecule has 2 rings (SSSR count). The Morgan fingerprint density at radius 3 is 2.54 bits per heavy atom. The molecule has 6 nitrogen and oxygen atoms in total. The number of hydrogen-bond donors (Lipinski definition) is 2. The summed E-state index contributed by atoms with van der Waals surface area (Å²) in [7, 11) is 1.57. The topological polar surface area (TPSA) is 80.3 Å². The van der Waals surface area contributed by atoms with Crippen molar-refractivity contribution in [3.05, 3.63) is 65.5 Å². The highest BCUT2D eigenvalue weighted by Crippen LogP contribution is 2.03. The van der Waals surface area contributed by atoms with Crippen LogP contribution in [0.2, 0.25) is 0 Å². The maximum atomic E-state index is 12.1. The maximum Gasteiger partial charge on any atom is 0.269 e. The maximum absolute atomic E-state index is 12.1. The monoisotopic (exact) mass is 327 g/mol. The van der Waals surface area contributed by atoms with Crippen LogP contribution < -0.4 is 10.6 Å². The number of rotatable bonds is 8. The summed E-state index contributed by atoms with van der Waals surface area (Å²) in [5.41, 5.74) is 1.77. The lowest BCUT2D eigenvalue weighted by atomic mass is 10.1. The number of amides is 2. The molecule has 0 atom stereocenters.